The van der Waals surface area contributed by atoms with Crippen molar-refractivity contribution in [2.24, 2.45) is 0 Å². The molecule has 0 bridgehead atoms. The Morgan fingerprint density at radius 3 is 2.29 bits per heavy atom. The zero-order valence-corrected chi connectivity index (χ0v) is 21.0. The fraction of sp³-hybridized carbons (Fsp3) is 0.458. The van der Waals surface area contributed by atoms with Crippen LogP contribution in [0, 0.1) is 5.82 Å². The molecule has 11 heteroatoms. The Balaban J connectivity index is 1.64. The number of carbonyl (C=O) groups is 2. The lowest BCUT2D eigenvalue weighted by molar-refractivity contribution is 0.0488. The van der Waals surface area contributed by atoms with Crippen molar-refractivity contribution in [3.8, 4) is 0 Å². The van der Waals surface area contributed by atoms with Gasteiger partial charge in [0.15, 0.2) is 9.84 Å². The summed E-state index contributed by atoms with van der Waals surface area (Å²) >= 11 is 0. The van der Waals surface area contributed by atoms with Gasteiger partial charge in [-0.3, -0.25) is 4.79 Å². The minimum Gasteiger partial charge on any atom is -0.444 e. The van der Waals surface area contributed by atoms with Crippen molar-refractivity contribution in [2.75, 3.05) is 11.6 Å². The predicted octanol–water partition coefficient (Wildman–Crippen LogP) is 3.93. The van der Waals surface area contributed by atoms with Gasteiger partial charge in [-0.25, -0.2) is 22.6 Å². The van der Waals surface area contributed by atoms with Crippen LogP contribution in [0.25, 0.3) is 0 Å². The Labute approximate surface area is 204 Å². The molecule has 2 amide bonds. The number of rotatable bonds is 6. The maximum atomic E-state index is 13.9. The number of pyridine rings is 1. The van der Waals surface area contributed by atoms with Gasteiger partial charge in [0.1, 0.15) is 17.2 Å². The second-order valence-electron chi connectivity index (χ2n) is 9.64. The number of benzene rings is 1. The normalized spacial score (nSPS) is 18.4. The second kappa shape index (κ2) is 10.6. The summed E-state index contributed by atoms with van der Waals surface area (Å²) in [5.41, 5.74) is -0.176. The molecule has 0 spiro atoms. The molecule has 1 aliphatic rings. The summed E-state index contributed by atoms with van der Waals surface area (Å²) < 4.78 is 42.9. The summed E-state index contributed by atoms with van der Waals surface area (Å²) in [7, 11) is -3.43. The highest BCUT2D eigenvalue weighted by Gasteiger charge is 2.26. The summed E-state index contributed by atoms with van der Waals surface area (Å²) in [4.78, 5) is 29.1. The van der Waals surface area contributed by atoms with Crippen LogP contribution in [-0.2, 0) is 14.6 Å². The molecule has 1 aromatic carbocycles. The fourth-order valence-corrected chi connectivity index (χ4v) is 4.44. The Kier molecular flexibility index (Phi) is 7.99. The highest BCUT2D eigenvalue weighted by molar-refractivity contribution is 7.90. The van der Waals surface area contributed by atoms with Crippen LogP contribution in [0.4, 0.5) is 20.7 Å². The largest absolute Gasteiger partial charge is 0.444 e. The number of amides is 2. The van der Waals surface area contributed by atoms with E-state index >= 15 is 0 Å². The van der Waals surface area contributed by atoms with E-state index in [9.17, 15) is 22.4 Å². The lowest BCUT2D eigenvalue weighted by atomic mass is 9.91. The van der Waals surface area contributed by atoms with E-state index in [1.807, 2.05) is 0 Å². The highest BCUT2D eigenvalue weighted by atomic mass is 32.2. The molecule has 2 aromatic rings. The van der Waals surface area contributed by atoms with E-state index in [2.05, 4.69) is 20.9 Å². The van der Waals surface area contributed by atoms with Crippen LogP contribution in [0.1, 0.15) is 56.8 Å². The van der Waals surface area contributed by atoms with Gasteiger partial charge in [0, 0.05) is 24.0 Å². The first-order chi connectivity index (χ1) is 16.3. The predicted molar refractivity (Wildman–Crippen MR) is 130 cm³/mol. The van der Waals surface area contributed by atoms with E-state index < -0.39 is 33.3 Å². The molecule has 0 unspecified atom stereocenters. The number of aromatic nitrogens is 1. The van der Waals surface area contributed by atoms with Gasteiger partial charge in [-0.15, -0.1) is 0 Å². The molecule has 3 rings (SSSR count). The topological polar surface area (TPSA) is 126 Å². The van der Waals surface area contributed by atoms with Gasteiger partial charge < -0.3 is 20.7 Å². The molecule has 35 heavy (non-hydrogen) atoms. The van der Waals surface area contributed by atoms with Crippen LogP contribution < -0.4 is 16.0 Å². The fourth-order valence-electron chi connectivity index (χ4n) is 3.77. The van der Waals surface area contributed by atoms with Gasteiger partial charge in [0.25, 0.3) is 5.91 Å². The van der Waals surface area contributed by atoms with Crippen LogP contribution in [-0.4, -0.2) is 49.3 Å². The van der Waals surface area contributed by atoms with E-state index in [0.29, 0.717) is 31.4 Å². The standard InChI is InChI=1S/C24H31FN4O5S/c1-24(2,3)34-23(31)29-17-10-8-16(9-11-17)28-22(30)20-12-15(25)14-26-21(20)27-18-6-5-7-19(13-18)35(4,32)33/h5-7,12-14,16-17H,8-11H2,1-4H3,(H,26,27)(H,28,30)(H,29,31). The van der Waals surface area contributed by atoms with Crippen molar-refractivity contribution in [2.45, 2.75) is 69.0 Å². The number of halogens is 1. The highest BCUT2D eigenvalue weighted by Crippen LogP contribution is 2.24. The summed E-state index contributed by atoms with van der Waals surface area (Å²) in [5, 5.41) is 8.68. The number of anilines is 2. The number of carbonyl (C=O) groups excluding carboxylic acids is 2. The molecule has 1 aromatic heterocycles. The monoisotopic (exact) mass is 506 g/mol. The van der Waals surface area contributed by atoms with Gasteiger partial charge in [0.05, 0.1) is 16.7 Å². The molecular weight excluding hydrogens is 475 g/mol. The van der Waals surface area contributed by atoms with Gasteiger partial charge in [-0.2, -0.15) is 0 Å². The van der Waals surface area contributed by atoms with E-state index in [1.165, 1.54) is 12.1 Å². The summed E-state index contributed by atoms with van der Waals surface area (Å²) in [6.45, 7) is 5.39. The molecule has 0 saturated heterocycles. The van der Waals surface area contributed by atoms with E-state index in [-0.39, 0.29) is 28.4 Å². The Morgan fingerprint density at radius 2 is 1.69 bits per heavy atom. The van der Waals surface area contributed by atoms with Crippen LogP contribution in [0.15, 0.2) is 41.4 Å². The van der Waals surface area contributed by atoms with Crippen LogP contribution >= 0.6 is 0 Å². The maximum Gasteiger partial charge on any atom is 0.407 e. The van der Waals surface area contributed by atoms with E-state index in [4.69, 9.17) is 4.74 Å². The van der Waals surface area contributed by atoms with Gasteiger partial charge in [-0.05, 0) is 70.7 Å². The lowest BCUT2D eigenvalue weighted by Crippen LogP contribution is -2.45. The first-order valence-corrected chi connectivity index (χ1v) is 13.2. The third-order valence-corrected chi connectivity index (χ3v) is 6.52. The smallest absolute Gasteiger partial charge is 0.407 e. The summed E-state index contributed by atoms with van der Waals surface area (Å²) in [6, 6.07) is 6.95. The second-order valence-corrected chi connectivity index (χ2v) is 11.7. The van der Waals surface area contributed by atoms with Crippen molar-refractivity contribution < 1.29 is 27.1 Å². The lowest BCUT2D eigenvalue weighted by Gasteiger charge is -2.30. The minimum absolute atomic E-state index is 0.00348. The average molecular weight is 507 g/mol. The first kappa shape index (κ1) is 26.4. The van der Waals surface area contributed by atoms with Gasteiger partial charge in [0.2, 0.25) is 0 Å². The van der Waals surface area contributed by atoms with Crippen molar-refractivity contribution >= 4 is 33.3 Å². The molecule has 0 radical (unpaired) electrons. The van der Waals surface area contributed by atoms with Crippen molar-refractivity contribution in [1.29, 1.82) is 0 Å². The molecule has 0 atom stereocenters. The average Bonchev–Trinajstić information content (AvgIpc) is 2.74. The van der Waals surface area contributed by atoms with Gasteiger partial charge in [-0.1, -0.05) is 6.07 Å². The summed E-state index contributed by atoms with van der Waals surface area (Å²) in [5.74, 6) is -1.06. The Morgan fingerprint density at radius 1 is 1.06 bits per heavy atom. The molecule has 1 fully saturated rings. The van der Waals surface area contributed by atoms with Crippen LogP contribution in [0.2, 0.25) is 0 Å². The number of sulfone groups is 1. The quantitative estimate of drug-likeness (QED) is 0.542. The number of alkyl carbamates (subject to hydrolysis) is 1. The minimum atomic E-state index is -3.43. The number of ether oxygens (including phenoxy) is 1. The summed E-state index contributed by atoms with van der Waals surface area (Å²) in [6.07, 6.45) is 4.20. The van der Waals surface area contributed by atoms with Crippen molar-refractivity contribution in [3.63, 3.8) is 0 Å². The molecular formula is C24H31FN4O5S. The molecule has 0 aliphatic heterocycles. The zero-order valence-electron chi connectivity index (χ0n) is 20.2. The number of hydrogen-bond acceptors (Lipinski definition) is 7. The third kappa shape index (κ3) is 7.91. The van der Waals surface area contributed by atoms with E-state index in [1.54, 1.807) is 32.9 Å². The first-order valence-electron chi connectivity index (χ1n) is 11.3. The van der Waals surface area contributed by atoms with Crippen molar-refractivity contribution in [1.82, 2.24) is 15.6 Å². The number of nitrogens with one attached hydrogen (secondary N) is 3. The SMILES string of the molecule is CC(C)(C)OC(=O)NC1CCC(NC(=O)c2cc(F)cnc2Nc2cccc(S(C)(=O)=O)c2)CC1. The van der Waals surface area contributed by atoms with Crippen LogP contribution in [0.5, 0.6) is 0 Å². The van der Waals surface area contributed by atoms with Crippen molar-refractivity contribution in [3.05, 3.63) is 47.9 Å². The molecule has 1 aliphatic carbocycles. The maximum absolute atomic E-state index is 13.9. The number of nitrogens with zero attached hydrogens (tertiary/aromatic N) is 1. The Bertz CT molecular complexity index is 1190. The Hall–Kier alpha value is -3.21. The molecule has 1 saturated carbocycles. The zero-order chi connectivity index (χ0) is 25.8. The van der Waals surface area contributed by atoms with E-state index in [0.717, 1.165) is 18.5 Å². The number of hydrogen-bond donors (Lipinski definition) is 3. The van der Waals surface area contributed by atoms with Gasteiger partial charge >= 0.3 is 6.09 Å². The molecule has 1 heterocycles. The van der Waals surface area contributed by atoms with Crippen LogP contribution in [0.3, 0.4) is 0 Å². The molecule has 9 nitrogen and oxygen atoms in total. The third-order valence-electron chi connectivity index (χ3n) is 5.41. The molecule has 190 valence electrons. The molecule has 3 N–H and O–H groups in total.